The molecule has 2 rings (SSSR count). The van der Waals surface area contributed by atoms with E-state index in [2.05, 4.69) is 4.74 Å². The van der Waals surface area contributed by atoms with Gasteiger partial charge in [0.15, 0.2) is 0 Å². The lowest BCUT2D eigenvalue weighted by atomic mass is 9.75. The number of anilines is 1. The molecule has 0 heterocycles. The molecular formula is C15H21NO3. The molecular weight excluding hydrogens is 242 g/mol. The van der Waals surface area contributed by atoms with Crippen molar-refractivity contribution in [3.8, 4) is 0 Å². The van der Waals surface area contributed by atoms with Crippen molar-refractivity contribution in [3.63, 3.8) is 0 Å². The maximum Gasteiger partial charge on any atom is 0.308 e. The van der Waals surface area contributed by atoms with E-state index in [0.717, 1.165) is 18.5 Å². The van der Waals surface area contributed by atoms with Gasteiger partial charge in [-0.25, -0.2) is 0 Å². The van der Waals surface area contributed by atoms with Gasteiger partial charge in [-0.3, -0.25) is 4.79 Å². The summed E-state index contributed by atoms with van der Waals surface area (Å²) in [7, 11) is 1.35. The maximum absolute atomic E-state index is 11.3. The van der Waals surface area contributed by atoms with Crippen LogP contribution in [0, 0.1) is 0 Å². The summed E-state index contributed by atoms with van der Waals surface area (Å²) in [6, 6.07) is 7.91. The van der Waals surface area contributed by atoms with Gasteiger partial charge >= 0.3 is 5.97 Å². The average molecular weight is 263 g/mol. The fourth-order valence-corrected chi connectivity index (χ4v) is 2.77. The lowest BCUT2D eigenvalue weighted by Crippen LogP contribution is -2.36. The first-order valence-electron chi connectivity index (χ1n) is 6.67. The number of carbonyl (C=O) groups excluding carboxylic acids is 1. The van der Waals surface area contributed by atoms with Crippen LogP contribution in [0.1, 0.15) is 43.6 Å². The third-order valence-electron chi connectivity index (χ3n) is 4.03. The van der Waals surface area contributed by atoms with E-state index in [1.807, 2.05) is 24.3 Å². The lowest BCUT2D eigenvalue weighted by molar-refractivity contribution is -0.147. The van der Waals surface area contributed by atoms with Crippen LogP contribution in [-0.4, -0.2) is 23.8 Å². The van der Waals surface area contributed by atoms with Crippen molar-refractivity contribution in [1.29, 1.82) is 0 Å². The number of benzene rings is 1. The quantitative estimate of drug-likeness (QED) is 0.648. The summed E-state index contributed by atoms with van der Waals surface area (Å²) in [5.74, 6) is 0.104. The van der Waals surface area contributed by atoms with Crippen LogP contribution in [0.5, 0.6) is 0 Å². The second kappa shape index (κ2) is 5.61. The molecule has 0 aliphatic heterocycles. The first-order chi connectivity index (χ1) is 9.02. The van der Waals surface area contributed by atoms with E-state index in [1.54, 1.807) is 0 Å². The average Bonchev–Trinajstić information content (AvgIpc) is 2.40. The van der Waals surface area contributed by atoms with E-state index >= 15 is 0 Å². The van der Waals surface area contributed by atoms with Crippen LogP contribution in [-0.2, 0) is 9.53 Å². The Kier molecular flexibility index (Phi) is 4.10. The number of carbonyl (C=O) groups is 1. The van der Waals surface area contributed by atoms with E-state index in [4.69, 9.17) is 5.73 Å². The Labute approximate surface area is 113 Å². The van der Waals surface area contributed by atoms with Crippen molar-refractivity contribution >= 4 is 11.7 Å². The van der Waals surface area contributed by atoms with Crippen LogP contribution in [0.2, 0.25) is 0 Å². The molecule has 0 spiro atoms. The standard InChI is InChI=1S/C15H21NO3/c1-19-14(17)10-15(18)8-6-12(7-9-15)11-2-4-13(16)5-3-11/h2-5,12,18H,6-10,16H2,1H3/t12-,15+. The molecule has 0 atom stereocenters. The molecule has 4 heteroatoms. The number of esters is 1. The van der Waals surface area contributed by atoms with Crippen molar-refractivity contribution < 1.29 is 14.6 Å². The molecule has 0 saturated heterocycles. The van der Waals surface area contributed by atoms with Gasteiger partial charge in [0.05, 0.1) is 19.1 Å². The monoisotopic (exact) mass is 263 g/mol. The minimum atomic E-state index is -0.891. The number of hydrogen-bond donors (Lipinski definition) is 2. The zero-order valence-corrected chi connectivity index (χ0v) is 11.3. The molecule has 3 N–H and O–H groups in total. The van der Waals surface area contributed by atoms with Crippen molar-refractivity contribution in [3.05, 3.63) is 29.8 Å². The molecule has 1 saturated carbocycles. The van der Waals surface area contributed by atoms with Gasteiger partial charge in [-0.1, -0.05) is 12.1 Å². The Balaban J connectivity index is 1.95. The van der Waals surface area contributed by atoms with Gasteiger partial charge < -0.3 is 15.6 Å². The Morgan fingerprint density at radius 3 is 2.47 bits per heavy atom. The number of hydrogen-bond acceptors (Lipinski definition) is 4. The lowest BCUT2D eigenvalue weighted by Gasteiger charge is -2.35. The Hall–Kier alpha value is -1.55. The largest absolute Gasteiger partial charge is 0.469 e. The zero-order valence-electron chi connectivity index (χ0n) is 11.3. The van der Waals surface area contributed by atoms with Crippen LogP contribution in [0.15, 0.2) is 24.3 Å². The first-order valence-corrected chi connectivity index (χ1v) is 6.67. The molecule has 0 unspecified atom stereocenters. The number of nitrogen functional groups attached to an aromatic ring is 1. The number of methoxy groups -OCH3 is 1. The van der Waals surface area contributed by atoms with Crippen molar-refractivity contribution in [2.45, 2.75) is 43.6 Å². The highest BCUT2D eigenvalue weighted by atomic mass is 16.5. The van der Waals surface area contributed by atoms with Crippen molar-refractivity contribution in [1.82, 2.24) is 0 Å². The van der Waals surface area contributed by atoms with Gasteiger partial charge in [-0.2, -0.15) is 0 Å². The normalized spacial score (nSPS) is 26.9. The molecule has 4 nitrogen and oxygen atoms in total. The molecule has 0 bridgehead atoms. The minimum Gasteiger partial charge on any atom is -0.469 e. The highest BCUT2D eigenvalue weighted by Gasteiger charge is 2.35. The molecule has 1 aliphatic rings. The smallest absolute Gasteiger partial charge is 0.308 e. The van der Waals surface area contributed by atoms with Gasteiger partial charge in [0, 0.05) is 5.69 Å². The van der Waals surface area contributed by atoms with Crippen LogP contribution >= 0.6 is 0 Å². The van der Waals surface area contributed by atoms with Gasteiger partial charge in [-0.15, -0.1) is 0 Å². The van der Waals surface area contributed by atoms with Crippen molar-refractivity contribution in [2.24, 2.45) is 0 Å². The summed E-state index contributed by atoms with van der Waals surface area (Å²) in [6.45, 7) is 0. The van der Waals surface area contributed by atoms with E-state index in [1.165, 1.54) is 12.7 Å². The van der Waals surface area contributed by atoms with E-state index < -0.39 is 5.60 Å². The summed E-state index contributed by atoms with van der Waals surface area (Å²) in [5, 5.41) is 10.4. The topological polar surface area (TPSA) is 72.5 Å². The van der Waals surface area contributed by atoms with Crippen LogP contribution in [0.3, 0.4) is 0 Å². The molecule has 0 amide bonds. The van der Waals surface area contributed by atoms with Crippen LogP contribution < -0.4 is 5.73 Å². The fourth-order valence-electron chi connectivity index (χ4n) is 2.77. The zero-order chi connectivity index (χ0) is 13.9. The highest BCUT2D eigenvalue weighted by molar-refractivity contribution is 5.70. The first kappa shape index (κ1) is 13.9. The number of ether oxygens (including phenoxy) is 1. The second-order valence-electron chi connectivity index (χ2n) is 5.42. The summed E-state index contributed by atoms with van der Waals surface area (Å²) in [6.07, 6.45) is 3.14. The molecule has 1 aromatic carbocycles. The minimum absolute atomic E-state index is 0.0952. The summed E-state index contributed by atoms with van der Waals surface area (Å²) in [5.41, 5.74) is 6.81. The fraction of sp³-hybridized carbons (Fsp3) is 0.533. The summed E-state index contributed by atoms with van der Waals surface area (Å²) < 4.78 is 4.63. The molecule has 0 radical (unpaired) electrons. The predicted molar refractivity (Wildman–Crippen MR) is 73.6 cm³/mol. The molecule has 104 valence electrons. The molecule has 1 fully saturated rings. The Bertz CT molecular complexity index is 433. The van der Waals surface area contributed by atoms with E-state index in [0.29, 0.717) is 18.8 Å². The van der Waals surface area contributed by atoms with Gasteiger partial charge in [0.1, 0.15) is 0 Å². The van der Waals surface area contributed by atoms with Crippen LogP contribution in [0.25, 0.3) is 0 Å². The SMILES string of the molecule is COC(=O)C[C@]1(O)CC[C@@H](c2ccc(N)cc2)CC1. The predicted octanol–water partition coefficient (Wildman–Crippen LogP) is 2.22. The maximum atomic E-state index is 11.3. The number of nitrogens with two attached hydrogens (primary N) is 1. The Morgan fingerprint density at radius 2 is 1.95 bits per heavy atom. The third kappa shape index (κ3) is 3.47. The van der Waals surface area contributed by atoms with E-state index in [9.17, 15) is 9.90 Å². The van der Waals surface area contributed by atoms with Gasteiger partial charge in [-0.05, 0) is 49.3 Å². The van der Waals surface area contributed by atoms with Gasteiger partial charge in [0.25, 0.3) is 0 Å². The molecule has 19 heavy (non-hydrogen) atoms. The van der Waals surface area contributed by atoms with Crippen molar-refractivity contribution in [2.75, 3.05) is 12.8 Å². The second-order valence-corrected chi connectivity index (χ2v) is 5.42. The molecule has 1 aliphatic carbocycles. The summed E-state index contributed by atoms with van der Waals surface area (Å²) in [4.78, 5) is 11.3. The number of aliphatic hydroxyl groups is 1. The number of rotatable bonds is 3. The van der Waals surface area contributed by atoms with E-state index in [-0.39, 0.29) is 12.4 Å². The molecule has 0 aromatic heterocycles. The molecule has 1 aromatic rings. The van der Waals surface area contributed by atoms with Gasteiger partial charge in [0.2, 0.25) is 0 Å². The summed E-state index contributed by atoms with van der Waals surface area (Å²) >= 11 is 0. The van der Waals surface area contributed by atoms with Crippen LogP contribution in [0.4, 0.5) is 5.69 Å². The third-order valence-corrected chi connectivity index (χ3v) is 4.03. The Morgan fingerprint density at radius 1 is 1.37 bits per heavy atom. The highest BCUT2D eigenvalue weighted by Crippen LogP contribution is 2.39.